The van der Waals surface area contributed by atoms with Gasteiger partial charge in [0.2, 0.25) is 0 Å². The summed E-state index contributed by atoms with van der Waals surface area (Å²) >= 11 is 0.747. The summed E-state index contributed by atoms with van der Waals surface area (Å²) in [7, 11) is 0. The van der Waals surface area contributed by atoms with Crippen molar-refractivity contribution >= 4 is 18.3 Å². The molecule has 0 radical (unpaired) electrons. The van der Waals surface area contributed by atoms with E-state index in [2.05, 4.69) is 0 Å². The average molecular weight is 307 g/mol. The van der Waals surface area contributed by atoms with Crippen molar-refractivity contribution in [1.82, 2.24) is 4.31 Å². The monoisotopic (exact) mass is 307 g/mol. The number of alkyl halides is 3. The highest BCUT2D eigenvalue weighted by Gasteiger charge is 2.37. The molecule has 8 heteroatoms. The minimum absolute atomic E-state index is 0.304. The molecule has 0 saturated carbocycles. The van der Waals surface area contributed by atoms with Gasteiger partial charge in [-0.25, -0.2) is 9.10 Å². The largest absolute Gasteiger partial charge is 0.464 e. The van der Waals surface area contributed by atoms with Crippen molar-refractivity contribution in [2.75, 3.05) is 0 Å². The molecule has 1 saturated heterocycles. The molecule has 0 bridgehead atoms. The quantitative estimate of drug-likeness (QED) is 0.670. The lowest BCUT2D eigenvalue weighted by Gasteiger charge is -2.20. The Morgan fingerprint density at radius 2 is 2.00 bits per heavy atom. The van der Waals surface area contributed by atoms with Gasteiger partial charge < -0.3 is 5.11 Å². The Bertz CT molecular complexity index is 492. The van der Waals surface area contributed by atoms with E-state index in [1.807, 2.05) is 0 Å². The third kappa shape index (κ3) is 3.18. The number of amides is 1. The van der Waals surface area contributed by atoms with Gasteiger partial charge in [0.1, 0.15) is 12.2 Å². The van der Waals surface area contributed by atoms with Gasteiger partial charge in [0.15, 0.2) is 0 Å². The first kappa shape index (κ1) is 15.0. The summed E-state index contributed by atoms with van der Waals surface area (Å²) < 4.78 is 43.6. The van der Waals surface area contributed by atoms with Gasteiger partial charge in [0.25, 0.3) is 0 Å². The third-order valence-corrected chi connectivity index (χ3v) is 4.01. The van der Waals surface area contributed by atoms with Gasteiger partial charge in [0.05, 0.1) is 17.7 Å². The molecule has 20 heavy (non-hydrogen) atoms. The van der Waals surface area contributed by atoms with Gasteiger partial charge in [-0.15, -0.1) is 0 Å². The molecule has 0 unspecified atom stereocenters. The first-order chi connectivity index (χ1) is 9.29. The van der Waals surface area contributed by atoms with Crippen LogP contribution in [0, 0.1) is 0 Å². The van der Waals surface area contributed by atoms with Gasteiger partial charge in [-0.1, -0.05) is 12.1 Å². The van der Waals surface area contributed by atoms with Crippen molar-refractivity contribution in [2.45, 2.75) is 31.7 Å². The molecule has 1 aliphatic rings. The molecular formula is C12H12F3NO3S. The molecule has 1 fully saturated rings. The van der Waals surface area contributed by atoms with E-state index in [4.69, 9.17) is 9.29 Å². The SMILES string of the molecule is C[C@@H]1OSN(C(=O)O)[C@H]1Cc1ccc(C(F)(F)F)cc1. The summed E-state index contributed by atoms with van der Waals surface area (Å²) in [6.45, 7) is 1.73. The van der Waals surface area contributed by atoms with Gasteiger partial charge >= 0.3 is 12.3 Å². The van der Waals surface area contributed by atoms with E-state index in [-0.39, 0.29) is 6.10 Å². The van der Waals surface area contributed by atoms with Crippen LogP contribution in [0.1, 0.15) is 18.1 Å². The molecule has 1 aliphatic heterocycles. The van der Waals surface area contributed by atoms with Crippen LogP contribution >= 0.6 is 12.2 Å². The first-order valence-electron chi connectivity index (χ1n) is 5.81. The van der Waals surface area contributed by atoms with Crippen LogP contribution in [-0.4, -0.2) is 27.7 Å². The Morgan fingerprint density at radius 1 is 1.40 bits per heavy atom. The summed E-state index contributed by atoms with van der Waals surface area (Å²) in [6, 6.07) is 4.29. The highest BCUT2D eigenvalue weighted by atomic mass is 32.2. The number of rotatable bonds is 2. The maximum atomic E-state index is 12.4. The van der Waals surface area contributed by atoms with Gasteiger partial charge in [0, 0.05) is 0 Å². The zero-order valence-corrected chi connectivity index (χ0v) is 11.2. The zero-order valence-electron chi connectivity index (χ0n) is 10.4. The lowest BCUT2D eigenvalue weighted by Crippen LogP contribution is -2.36. The van der Waals surface area contributed by atoms with Crippen LogP contribution in [0.15, 0.2) is 24.3 Å². The van der Waals surface area contributed by atoms with Gasteiger partial charge in [-0.3, -0.25) is 4.18 Å². The summed E-state index contributed by atoms with van der Waals surface area (Å²) in [6.07, 6.45) is -5.52. The summed E-state index contributed by atoms with van der Waals surface area (Å²) in [5.41, 5.74) is -0.0892. The number of carbonyl (C=O) groups is 1. The molecule has 1 heterocycles. The van der Waals surface area contributed by atoms with Crippen molar-refractivity contribution in [1.29, 1.82) is 0 Å². The highest BCUT2D eigenvalue weighted by Crippen LogP contribution is 2.33. The smallest absolute Gasteiger partial charge is 0.419 e. The molecule has 2 rings (SSSR count). The number of benzene rings is 1. The molecule has 4 nitrogen and oxygen atoms in total. The molecular weight excluding hydrogens is 295 g/mol. The Kier molecular flexibility index (Phi) is 4.14. The van der Waals surface area contributed by atoms with Crippen LogP contribution in [-0.2, 0) is 16.8 Å². The van der Waals surface area contributed by atoms with E-state index in [0.29, 0.717) is 12.0 Å². The second-order valence-corrected chi connectivity index (χ2v) is 5.19. The number of hydrogen-bond donors (Lipinski definition) is 1. The number of nitrogens with zero attached hydrogens (tertiary/aromatic N) is 1. The van der Waals surface area contributed by atoms with E-state index >= 15 is 0 Å². The van der Waals surface area contributed by atoms with E-state index < -0.39 is 23.9 Å². The number of hydrogen-bond acceptors (Lipinski definition) is 3. The fourth-order valence-corrected chi connectivity index (χ4v) is 2.70. The van der Waals surface area contributed by atoms with Crippen LogP contribution < -0.4 is 0 Å². The standard InChI is InChI=1S/C12H12F3NO3S/c1-7-10(16(11(17)18)20-19-7)6-8-2-4-9(5-3-8)12(13,14)15/h2-5,7,10H,6H2,1H3,(H,17,18)/t7-,10-/m0/s1. The molecule has 0 spiro atoms. The Labute approximate surface area is 117 Å². The lowest BCUT2D eigenvalue weighted by molar-refractivity contribution is -0.137. The third-order valence-electron chi connectivity index (χ3n) is 3.03. The van der Waals surface area contributed by atoms with Crippen molar-refractivity contribution in [2.24, 2.45) is 0 Å². The van der Waals surface area contributed by atoms with E-state index in [1.54, 1.807) is 6.92 Å². The van der Waals surface area contributed by atoms with E-state index in [9.17, 15) is 18.0 Å². The molecule has 2 atom stereocenters. The average Bonchev–Trinajstić information content (AvgIpc) is 2.71. The summed E-state index contributed by atoms with van der Waals surface area (Å²) in [4.78, 5) is 11.0. The second-order valence-electron chi connectivity index (χ2n) is 4.45. The predicted molar refractivity (Wildman–Crippen MR) is 66.9 cm³/mol. The maximum absolute atomic E-state index is 12.4. The fraction of sp³-hybridized carbons (Fsp3) is 0.417. The summed E-state index contributed by atoms with van der Waals surface area (Å²) in [5, 5.41) is 9.01. The Hall–Kier alpha value is -1.41. The number of halogens is 3. The van der Waals surface area contributed by atoms with E-state index in [0.717, 1.165) is 28.7 Å². The van der Waals surface area contributed by atoms with Crippen molar-refractivity contribution < 1.29 is 27.3 Å². The lowest BCUT2D eigenvalue weighted by atomic mass is 10.0. The Balaban J connectivity index is 2.11. The van der Waals surface area contributed by atoms with Crippen LogP contribution in [0.4, 0.5) is 18.0 Å². The molecule has 110 valence electrons. The second kappa shape index (κ2) is 5.53. The van der Waals surface area contributed by atoms with Crippen molar-refractivity contribution in [3.8, 4) is 0 Å². The predicted octanol–water partition coefficient (Wildman–Crippen LogP) is 3.58. The molecule has 1 aromatic rings. The fourth-order valence-electron chi connectivity index (χ4n) is 1.92. The van der Waals surface area contributed by atoms with Crippen LogP contribution in [0.5, 0.6) is 0 Å². The topological polar surface area (TPSA) is 49.8 Å². The molecule has 1 aromatic carbocycles. The zero-order chi connectivity index (χ0) is 14.9. The van der Waals surface area contributed by atoms with Crippen molar-refractivity contribution in [3.05, 3.63) is 35.4 Å². The van der Waals surface area contributed by atoms with Crippen LogP contribution in [0.3, 0.4) is 0 Å². The maximum Gasteiger partial charge on any atom is 0.419 e. The molecule has 0 aliphatic carbocycles. The Morgan fingerprint density at radius 3 is 2.50 bits per heavy atom. The van der Waals surface area contributed by atoms with Gasteiger partial charge in [-0.05, 0) is 31.0 Å². The van der Waals surface area contributed by atoms with Crippen LogP contribution in [0.25, 0.3) is 0 Å². The summed E-state index contributed by atoms with van der Waals surface area (Å²) in [5.74, 6) is 0. The first-order valence-corrected chi connectivity index (χ1v) is 6.50. The van der Waals surface area contributed by atoms with Gasteiger partial charge in [-0.2, -0.15) is 13.2 Å². The molecule has 0 aromatic heterocycles. The minimum atomic E-state index is -4.37. The van der Waals surface area contributed by atoms with Crippen molar-refractivity contribution in [3.63, 3.8) is 0 Å². The number of carboxylic acid groups (broad SMARTS) is 1. The normalized spacial score (nSPS) is 23.1. The van der Waals surface area contributed by atoms with Crippen LogP contribution in [0.2, 0.25) is 0 Å². The molecule has 1 N–H and O–H groups in total. The van der Waals surface area contributed by atoms with E-state index in [1.165, 1.54) is 12.1 Å². The highest BCUT2D eigenvalue weighted by molar-refractivity contribution is 7.93. The minimum Gasteiger partial charge on any atom is -0.464 e. The molecule has 1 amide bonds.